The Morgan fingerprint density at radius 2 is 2.00 bits per heavy atom. The molecule has 0 bridgehead atoms. The van der Waals surface area contributed by atoms with Crippen LogP contribution in [0.1, 0.15) is 29.7 Å². The average Bonchev–Trinajstić information content (AvgIpc) is 2.81. The first-order valence-electron chi connectivity index (χ1n) is 6.35. The zero-order valence-corrected chi connectivity index (χ0v) is 11.5. The second kappa shape index (κ2) is 6.57. The first kappa shape index (κ1) is 13.1. The standard InChI is InChI=1S/C15H20N2S/c1-12(13-5-3-2-4-6-13)7-9-17-11-15-14(16)8-10-18-15/h2-6,8,10,12,17H,7,9,11,16H2,1H3. The highest BCUT2D eigenvalue weighted by Gasteiger charge is 2.04. The summed E-state index contributed by atoms with van der Waals surface area (Å²) in [5.41, 5.74) is 8.16. The van der Waals surface area contributed by atoms with E-state index in [0.29, 0.717) is 5.92 Å². The van der Waals surface area contributed by atoms with Crippen LogP contribution in [0, 0.1) is 0 Å². The predicted octanol–water partition coefficient (Wildman–Crippen LogP) is 3.61. The quantitative estimate of drug-likeness (QED) is 0.779. The van der Waals surface area contributed by atoms with Crippen molar-refractivity contribution in [3.05, 3.63) is 52.2 Å². The molecule has 1 aromatic heterocycles. The summed E-state index contributed by atoms with van der Waals surface area (Å²) in [6, 6.07) is 12.6. The molecule has 1 unspecified atom stereocenters. The molecule has 1 aromatic carbocycles. The Hall–Kier alpha value is -1.32. The van der Waals surface area contributed by atoms with E-state index in [1.807, 2.05) is 11.4 Å². The van der Waals surface area contributed by atoms with Crippen LogP contribution in [0.2, 0.25) is 0 Å². The second-order valence-electron chi connectivity index (χ2n) is 4.58. The molecule has 0 fully saturated rings. The number of rotatable bonds is 6. The molecule has 2 rings (SSSR count). The van der Waals surface area contributed by atoms with Gasteiger partial charge in [-0.25, -0.2) is 0 Å². The smallest absolute Gasteiger partial charge is 0.0468 e. The lowest BCUT2D eigenvalue weighted by atomic mass is 9.98. The molecule has 0 saturated carbocycles. The zero-order chi connectivity index (χ0) is 12.8. The molecule has 0 saturated heterocycles. The summed E-state index contributed by atoms with van der Waals surface area (Å²) in [4.78, 5) is 1.24. The summed E-state index contributed by atoms with van der Waals surface area (Å²) in [5.74, 6) is 0.597. The van der Waals surface area contributed by atoms with Crippen LogP contribution >= 0.6 is 11.3 Å². The number of anilines is 1. The molecule has 2 aromatic rings. The molecule has 18 heavy (non-hydrogen) atoms. The third-order valence-corrected chi connectivity index (χ3v) is 4.12. The third-order valence-electron chi connectivity index (χ3n) is 3.19. The molecule has 0 spiro atoms. The van der Waals surface area contributed by atoms with E-state index in [-0.39, 0.29) is 0 Å². The van der Waals surface area contributed by atoms with E-state index < -0.39 is 0 Å². The van der Waals surface area contributed by atoms with Crippen molar-refractivity contribution in [1.82, 2.24) is 5.32 Å². The van der Waals surface area contributed by atoms with Gasteiger partial charge in [-0.05, 0) is 35.9 Å². The minimum atomic E-state index is 0.597. The molecule has 96 valence electrons. The number of benzene rings is 1. The van der Waals surface area contributed by atoms with E-state index >= 15 is 0 Å². The minimum absolute atomic E-state index is 0.597. The molecular formula is C15H20N2S. The van der Waals surface area contributed by atoms with Crippen LogP contribution in [0.15, 0.2) is 41.8 Å². The maximum Gasteiger partial charge on any atom is 0.0468 e. The maximum absolute atomic E-state index is 5.84. The molecule has 0 radical (unpaired) electrons. The average molecular weight is 260 g/mol. The summed E-state index contributed by atoms with van der Waals surface area (Å²) in [6.07, 6.45) is 1.15. The molecule has 0 aliphatic heterocycles. The van der Waals surface area contributed by atoms with Gasteiger partial charge in [0.05, 0.1) is 0 Å². The molecule has 2 nitrogen and oxygen atoms in total. The number of thiophene rings is 1. The third kappa shape index (κ3) is 3.59. The lowest BCUT2D eigenvalue weighted by molar-refractivity contribution is 0.597. The largest absolute Gasteiger partial charge is 0.398 e. The summed E-state index contributed by atoms with van der Waals surface area (Å²) < 4.78 is 0. The summed E-state index contributed by atoms with van der Waals surface area (Å²) >= 11 is 1.72. The topological polar surface area (TPSA) is 38.0 Å². The van der Waals surface area contributed by atoms with Gasteiger partial charge in [0, 0.05) is 17.1 Å². The normalized spacial score (nSPS) is 12.5. The number of nitrogens with two attached hydrogens (primary N) is 1. The van der Waals surface area contributed by atoms with Gasteiger partial charge in [0.15, 0.2) is 0 Å². The summed E-state index contributed by atoms with van der Waals surface area (Å²) in [6.45, 7) is 4.18. The van der Waals surface area contributed by atoms with Crippen molar-refractivity contribution in [2.45, 2.75) is 25.8 Å². The van der Waals surface area contributed by atoms with Crippen LogP contribution in [-0.2, 0) is 6.54 Å². The lowest BCUT2D eigenvalue weighted by Crippen LogP contribution is -2.16. The zero-order valence-electron chi connectivity index (χ0n) is 10.7. The van der Waals surface area contributed by atoms with E-state index in [2.05, 4.69) is 42.6 Å². The molecular weight excluding hydrogens is 240 g/mol. The number of nitrogens with one attached hydrogen (secondary N) is 1. The molecule has 1 heterocycles. The van der Waals surface area contributed by atoms with Crippen molar-refractivity contribution in [1.29, 1.82) is 0 Å². The Balaban J connectivity index is 1.71. The Bertz CT molecular complexity index is 464. The van der Waals surface area contributed by atoms with Crippen molar-refractivity contribution in [2.24, 2.45) is 0 Å². The highest BCUT2D eigenvalue weighted by Crippen LogP contribution is 2.19. The Labute approximate surface area is 113 Å². The van der Waals surface area contributed by atoms with E-state index in [9.17, 15) is 0 Å². The van der Waals surface area contributed by atoms with E-state index in [0.717, 1.165) is 25.2 Å². The fourth-order valence-electron chi connectivity index (χ4n) is 1.96. The summed E-state index contributed by atoms with van der Waals surface area (Å²) in [7, 11) is 0. The van der Waals surface area contributed by atoms with Crippen LogP contribution in [0.4, 0.5) is 5.69 Å². The van der Waals surface area contributed by atoms with Crippen molar-refractivity contribution in [2.75, 3.05) is 12.3 Å². The van der Waals surface area contributed by atoms with Gasteiger partial charge in [-0.3, -0.25) is 0 Å². The first-order valence-corrected chi connectivity index (χ1v) is 7.23. The van der Waals surface area contributed by atoms with Crippen LogP contribution in [0.5, 0.6) is 0 Å². The second-order valence-corrected chi connectivity index (χ2v) is 5.58. The fraction of sp³-hybridized carbons (Fsp3) is 0.333. The van der Waals surface area contributed by atoms with Crippen molar-refractivity contribution in [3.63, 3.8) is 0 Å². The monoisotopic (exact) mass is 260 g/mol. The van der Waals surface area contributed by atoms with Crippen molar-refractivity contribution < 1.29 is 0 Å². The van der Waals surface area contributed by atoms with Gasteiger partial charge in [-0.15, -0.1) is 11.3 Å². The maximum atomic E-state index is 5.84. The van der Waals surface area contributed by atoms with Gasteiger partial charge >= 0.3 is 0 Å². The predicted molar refractivity (Wildman–Crippen MR) is 79.9 cm³/mol. The molecule has 3 heteroatoms. The Kier molecular flexibility index (Phi) is 4.79. The summed E-state index contributed by atoms with van der Waals surface area (Å²) in [5, 5.41) is 5.50. The van der Waals surface area contributed by atoms with Gasteiger partial charge in [-0.2, -0.15) is 0 Å². The number of nitrogen functional groups attached to an aromatic ring is 1. The van der Waals surface area contributed by atoms with Gasteiger partial charge < -0.3 is 11.1 Å². The first-order chi connectivity index (χ1) is 8.77. The van der Waals surface area contributed by atoms with Crippen LogP contribution in [0.3, 0.4) is 0 Å². The lowest BCUT2D eigenvalue weighted by Gasteiger charge is -2.12. The SMILES string of the molecule is CC(CCNCc1sccc1N)c1ccccc1. The number of hydrogen-bond donors (Lipinski definition) is 2. The van der Waals surface area contributed by atoms with Crippen molar-refractivity contribution in [3.8, 4) is 0 Å². The highest BCUT2D eigenvalue weighted by molar-refractivity contribution is 7.10. The van der Waals surface area contributed by atoms with Gasteiger partial charge in [-0.1, -0.05) is 37.3 Å². The molecule has 0 aliphatic carbocycles. The van der Waals surface area contributed by atoms with Gasteiger partial charge in [0.25, 0.3) is 0 Å². The van der Waals surface area contributed by atoms with E-state index in [4.69, 9.17) is 5.73 Å². The number of hydrogen-bond acceptors (Lipinski definition) is 3. The van der Waals surface area contributed by atoms with Gasteiger partial charge in [0.2, 0.25) is 0 Å². The minimum Gasteiger partial charge on any atom is -0.398 e. The van der Waals surface area contributed by atoms with E-state index in [1.54, 1.807) is 11.3 Å². The molecule has 0 aliphatic rings. The molecule has 0 amide bonds. The Morgan fingerprint density at radius 1 is 1.22 bits per heavy atom. The van der Waals surface area contributed by atoms with E-state index in [1.165, 1.54) is 10.4 Å². The van der Waals surface area contributed by atoms with Crippen LogP contribution in [-0.4, -0.2) is 6.54 Å². The van der Waals surface area contributed by atoms with Gasteiger partial charge in [0.1, 0.15) is 0 Å². The van der Waals surface area contributed by atoms with Crippen LogP contribution < -0.4 is 11.1 Å². The fourth-order valence-corrected chi connectivity index (χ4v) is 2.73. The molecule has 1 atom stereocenters. The Morgan fingerprint density at radius 3 is 2.67 bits per heavy atom. The molecule has 3 N–H and O–H groups in total. The highest BCUT2D eigenvalue weighted by atomic mass is 32.1. The van der Waals surface area contributed by atoms with Crippen molar-refractivity contribution >= 4 is 17.0 Å². The van der Waals surface area contributed by atoms with Crippen LogP contribution in [0.25, 0.3) is 0 Å².